The van der Waals surface area contributed by atoms with Crippen LogP contribution < -0.4 is 20.3 Å². The lowest BCUT2D eigenvalue weighted by Crippen LogP contribution is -2.54. The van der Waals surface area contributed by atoms with E-state index in [1.165, 1.54) is 30.6 Å². The quantitative estimate of drug-likeness (QED) is 0.145. The fourth-order valence-corrected chi connectivity index (χ4v) is 8.32. The number of benzene rings is 2. The molecule has 59 heavy (non-hydrogen) atoms. The zero-order valence-electron chi connectivity index (χ0n) is 31.7. The maximum atomic E-state index is 13.3. The van der Waals surface area contributed by atoms with Crippen LogP contribution in [0.5, 0.6) is 5.75 Å². The van der Waals surface area contributed by atoms with Gasteiger partial charge < -0.3 is 19.9 Å². The fraction of sp³-hybridized carbons (Fsp3) is 0.293. The van der Waals surface area contributed by atoms with E-state index >= 15 is 0 Å². The molecule has 0 aliphatic carbocycles. The second-order valence-corrected chi connectivity index (χ2v) is 15.2. The van der Waals surface area contributed by atoms with Crippen LogP contribution in [-0.4, -0.2) is 97.6 Å². The predicted octanol–water partition coefficient (Wildman–Crippen LogP) is 5.33. The second kappa shape index (κ2) is 16.5. The molecule has 18 heteroatoms. The number of pyridine rings is 2. The van der Waals surface area contributed by atoms with Gasteiger partial charge in [-0.25, -0.2) is 4.98 Å². The number of halogens is 2. The molecule has 6 heterocycles. The predicted molar refractivity (Wildman–Crippen MR) is 217 cm³/mol. The number of amides is 6. The van der Waals surface area contributed by atoms with Gasteiger partial charge >= 0.3 is 0 Å². The van der Waals surface area contributed by atoms with E-state index in [0.717, 1.165) is 27.2 Å². The average molecular weight is 839 g/mol. The Labute approximate surface area is 347 Å². The molecule has 8 rings (SSSR count). The number of fused-ring (bicyclic) bond motifs is 2. The molecule has 1 unspecified atom stereocenters. The van der Waals surface area contributed by atoms with Gasteiger partial charge in [-0.1, -0.05) is 29.3 Å². The summed E-state index contributed by atoms with van der Waals surface area (Å²) in [4.78, 5) is 90.0. The summed E-state index contributed by atoms with van der Waals surface area (Å²) >= 11 is 12.7. The normalized spacial score (nSPS) is 17.3. The Morgan fingerprint density at radius 2 is 1.73 bits per heavy atom. The van der Waals surface area contributed by atoms with Crippen LogP contribution in [0.3, 0.4) is 0 Å². The number of nitrogens with zero attached hydrogens (tertiary/aromatic N) is 6. The van der Waals surface area contributed by atoms with Crippen LogP contribution in [0.4, 0.5) is 11.5 Å². The highest BCUT2D eigenvalue weighted by Crippen LogP contribution is 2.36. The number of rotatable bonds is 11. The summed E-state index contributed by atoms with van der Waals surface area (Å²) in [5.41, 5.74) is 3.22. The van der Waals surface area contributed by atoms with E-state index in [-0.39, 0.29) is 54.8 Å². The first kappa shape index (κ1) is 39.4. The summed E-state index contributed by atoms with van der Waals surface area (Å²) in [6.45, 7) is 4.01. The van der Waals surface area contributed by atoms with Crippen molar-refractivity contribution in [2.45, 2.75) is 51.2 Å². The van der Waals surface area contributed by atoms with Crippen molar-refractivity contribution in [1.82, 2.24) is 35.3 Å². The van der Waals surface area contributed by atoms with E-state index in [2.05, 4.69) is 30.7 Å². The summed E-state index contributed by atoms with van der Waals surface area (Å²) in [5.74, 6) is -1.67. The van der Waals surface area contributed by atoms with Gasteiger partial charge in [0.2, 0.25) is 23.6 Å². The number of ether oxygens (including phenoxy) is 1. The average Bonchev–Trinajstić information content (AvgIpc) is 3.75. The summed E-state index contributed by atoms with van der Waals surface area (Å²) in [6.07, 6.45) is 4.87. The van der Waals surface area contributed by atoms with Crippen LogP contribution >= 0.6 is 23.2 Å². The molecule has 6 amide bonds. The van der Waals surface area contributed by atoms with Gasteiger partial charge in [0.1, 0.15) is 29.4 Å². The smallest absolute Gasteiger partial charge is 0.264 e. The van der Waals surface area contributed by atoms with E-state index in [0.29, 0.717) is 53.2 Å². The Bertz CT molecular complexity index is 2500. The van der Waals surface area contributed by atoms with Crippen molar-refractivity contribution < 1.29 is 33.5 Å². The molecule has 3 aliphatic heterocycles. The third-order valence-electron chi connectivity index (χ3n) is 10.7. The molecule has 3 aliphatic rings. The van der Waals surface area contributed by atoms with E-state index < -0.39 is 41.7 Å². The number of hydrogen-bond donors (Lipinski definition) is 3. The molecular weight excluding hydrogens is 801 g/mol. The van der Waals surface area contributed by atoms with Crippen molar-refractivity contribution >= 4 is 81.1 Å². The van der Waals surface area contributed by atoms with Crippen molar-refractivity contribution in [3.63, 3.8) is 0 Å². The van der Waals surface area contributed by atoms with Crippen LogP contribution in [0, 0.1) is 0 Å². The van der Waals surface area contributed by atoms with Gasteiger partial charge in [0.25, 0.3) is 11.8 Å². The number of H-pyrrole nitrogens is 1. The number of anilines is 2. The summed E-state index contributed by atoms with van der Waals surface area (Å²) in [5, 5.41) is 14.2. The Balaban J connectivity index is 0.817. The molecular formula is C41H37Cl2N9O7. The van der Waals surface area contributed by atoms with Gasteiger partial charge in [0, 0.05) is 80.5 Å². The molecule has 2 atom stereocenters. The largest absolute Gasteiger partial charge is 0.486 e. The third-order valence-corrected chi connectivity index (χ3v) is 11.3. The number of hydrogen-bond acceptors (Lipinski definition) is 11. The summed E-state index contributed by atoms with van der Waals surface area (Å²) < 4.78 is 6.21. The Morgan fingerprint density at radius 3 is 2.46 bits per heavy atom. The van der Waals surface area contributed by atoms with Gasteiger partial charge in [0.05, 0.1) is 32.4 Å². The first-order chi connectivity index (χ1) is 28.5. The van der Waals surface area contributed by atoms with Gasteiger partial charge in [-0.05, 0) is 62.2 Å². The topological polar surface area (TPSA) is 200 Å². The van der Waals surface area contributed by atoms with Crippen LogP contribution in [-0.2, 0) is 19.2 Å². The second-order valence-electron chi connectivity index (χ2n) is 14.4. The summed E-state index contributed by atoms with van der Waals surface area (Å²) in [6, 6.07) is 12.9. The zero-order valence-corrected chi connectivity index (χ0v) is 33.2. The Hall–Kier alpha value is -6.39. The lowest BCUT2D eigenvalue weighted by molar-refractivity contribution is -0.136. The van der Waals surface area contributed by atoms with Crippen LogP contribution in [0.2, 0.25) is 10.0 Å². The molecule has 5 aromatic rings. The molecule has 3 aromatic heterocycles. The van der Waals surface area contributed by atoms with Gasteiger partial charge in [-0.3, -0.25) is 49.1 Å². The third kappa shape index (κ3) is 7.92. The zero-order chi connectivity index (χ0) is 41.4. The SMILES string of the molecule is C[C@@H](Oc1ccc2[nH]nc(-c3ccc(N4CCN(C(=O)CCCC(=O)Nc5cccc6c5C(=O)N(C5CCC(=O)NC5=O)C6=O)CC4)nc3)c2c1)c1c(Cl)cncc1Cl. The Morgan fingerprint density at radius 1 is 0.949 bits per heavy atom. The van der Waals surface area contributed by atoms with Crippen molar-refractivity contribution in [1.29, 1.82) is 0 Å². The van der Waals surface area contributed by atoms with Gasteiger partial charge in [-0.2, -0.15) is 5.10 Å². The highest BCUT2D eigenvalue weighted by atomic mass is 35.5. The number of aromatic amines is 1. The molecule has 2 aromatic carbocycles. The molecule has 302 valence electrons. The van der Waals surface area contributed by atoms with Gasteiger partial charge in [0.15, 0.2) is 0 Å². The maximum absolute atomic E-state index is 13.3. The number of carbonyl (C=O) groups is 6. The van der Waals surface area contributed by atoms with Crippen molar-refractivity contribution in [2.75, 3.05) is 36.4 Å². The number of piperidine rings is 1. The number of carbonyl (C=O) groups excluding carboxylic acids is 6. The maximum Gasteiger partial charge on any atom is 0.264 e. The lowest BCUT2D eigenvalue weighted by atomic mass is 10.0. The van der Waals surface area contributed by atoms with Crippen LogP contribution in [0.25, 0.3) is 22.2 Å². The standard InChI is InChI=1S/C41H37Cl2N9O7/c1-22(36-27(42)20-44-21-28(36)43)59-24-9-10-29-26(18-24)38(49-48-29)23-8-12-32(45-19-23)50-14-16-51(17-15-50)35(55)7-3-6-33(53)46-30-5-2-4-25-37(30)41(58)52(40(25)57)31-11-13-34(54)47-39(31)56/h2,4-5,8-10,12,18-22,31H,3,6-7,11,13-17H2,1H3,(H,46,53)(H,48,49)(H,47,54,56)/t22-,31?/m1/s1. The molecule has 16 nitrogen and oxygen atoms in total. The first-order valence-electron chi connectivity index (χ1n) is 19.0. The molecule has 2 fully saturated rings. The molecule has 2 saturated heterocycles. The monoisotopic (exact) mass is 837 g/mol. The molecule has 0 bridgehead atoms. The van der Waals surface area contributed by atoms with Crippen LogP contribution in [0.15, 0.2) is 67.1 Å². The highest BCUT2D eigenvalue weighted by Gasteiger charge is 2.45. The number of aromatic nitrogens is 4. The summed E-state index contributed by atoms with van der Waals surface area (Å²) in [7, 11) is 0. The van der Waals surface area contributed by atoms with E-state index in [1.807, 2.05) is 37.3 Å². The fourth-order valence-electron chi connectivity index (χ4n) is 7.65. The van der Waals surface area contributed by atoms with Crippen molar-refractivity contribution in [2.24, 2.45) is 0 Å². The van der Waals surface area contributed by atoms with Crippen molar-refractivity contribution in [3.8, 4) is 17.0 Å². The number of piperazine rings is 1. The number of nitrogens with one attached hydrogen (secondary N) is 3. The molecule has 0 radical (unpaired) electrons. The lowest BCUT2D eigenvalue weighted by Gasteiger charge is -2.35. The Kier molecular flexibility index (Phi) is 11.0. The van der Waals surface area contributed by atoms with Crippen LogP contribution in [0.1, 0.15) is 71.4 Å². The minimum atomic E-state index is -1.12. The van der Waals surface area contributed by atoms with Crippen molar-refractivity contribution in [3.05, 3.63) is 93.9 Å². The molecule has 0 spiro atoms. The first-order valence-corrected chi connectivity index (χ1v) is 19.8. The minimum Gasteiger partial charge on any atom is -0.486 e. The van der Waals surface area contributed by atoms with Gasteiger partial charge in [-0.15, -0.1) is 0 Å². The molecule has 3 N–H and O–H groups in total. The van der Waals surface area contributed by atoms with E-state index in [4.69, 9.17) is 32.9 Å². The van der Waals surface area contributed by atoms with E-state index in [1.54, 1.807) is 11.1 Å². The highest BCUT2D eigenvalue weighted by molar-refractivity contribution is 6.35. The molecule has 0 saturated carbocycles. The van der Waals surface area contributed by atoms with E-state index in [9.17, 15) is 28.8 Å². The number of imide groups is 2. The minimum absolute atomic E-state index is 0.00000517.